The number of rotatable bonds is 0. The monoisotopic (exact) mass is 743 g/mol. The second-order valence-electron chi connectivity index (χ2n) is 19.9. The Bertz CT molecular complexity index is 1060. The van der Waals surface area contributed by atoms with E-state index in [9.17, 15) is 9.59 Å². The lowest BCUT2D eigenvalue weighted by Gasteiger charge is -2.45. The van der Waals surface area contributed by atoms with Gasteiger partial charge in [0.25, 0.3) is 0 Å². The van der Waals surface area contributed by atoms with Gasteiger partial charge in [0, 0.05) is 47.3 Å². The molecular formula is C43H82N8O2. The maximum atomic E-state index is 11.9. The Labute approximate surface area is 325 Å². The Morgan fingerprint density at radius 2 is 0.774 bits per heavy atom. The highest BCUT2D eigenvalue weighted by Gasteiger charge is 2.48. The second-order valence-corrected chi connectivity index (χ2v) is 19.9. The lowest BCUT2D eigenvalue weighted by molar-refractivity contribution is -0.137. The molecule has 1 saturated carbocycles. The van der Waals surface area contributed by atoms with Crippen molar-refractivity contribution in [1.29, 1.82) is 0 Å². The summed E-state index contributed by atoms with van der Waals surface area (Å²) in [6, 6.07) is 0.176. The van der Waals surface area contributed by atoms with Gasteiger partial charge in [-0.1, -0.05) is 19.8 Å². The Morgan fingerprint density at radius 1 is 0.434 bits per heavy atom. The highest BCUT2D eigenvalue weighted by atomic mass is 16.2. The molecule has 0 atom stereocenters. The summed E-state index contributed by atoms with van der Waals surface area (Å²) in [5.41, 5.74) is 1.66. The van der Waals surface area contributed by atoms with Gasteiger partial charge in [-0.3, -0.25) is 4.79 Å². The highest BCUT2D eigenvalue weighted by Crippen LogP contribution is 2.46. The third-order valence-corrected chi connectivity index (χ3v) is 15.9. The Morgan fingerprint density at radius 3 is 1.11 bits per heavy atom. The van der Waals surface area contributed by atoms with Crippen molar-refractivity contribution >= 4 is 11.9 Å². The molecule has 0 aromatic heterocycles. The van der Waals surface area contributed by atoms with E-state index < -0.39 is 0 Å². The van der Waals surface area contributed by atoms with Crippen LogP contribution in [0.3, 0.4) is 0 Å². The van der Waals surface area contributed by atoms with Crippen molar-refractivity contribution in [1.82, 2.24) is 39.2 Å². The lowest BCUT2D eigenvalue weighted by atomic mass is 9.66. The molecule has 10 heteroatoms. The first-order chi connectivity index (χ1) is 25.1. The smallest absolute Gasteiger partial charge is 0.320 e. The van der Waals surface area contributed by atoms with Crippen molar-refractivity contribution in [3.05, 3.63) is 0 Å². The maximum absolute atomic E-state index is 11.9. The summed E-state index contributed by atoms with van der Waals surface area (Å²) in [4.78, 5) is 41.4. The molecule has 0 unspecified atom stereocenters. The molecule has 0 bridgehead atoms. The minimum absolute atomic E-state index is 0.0290. The number of carbonyl (C=O) groups is 2. The van der Waals surface area contributed by atoms with E-state index in [2.05, 4.69) is 66.7 Å². The van der Waals surface area contributed by atoms with Gasteiger partial charge in [-0.15, -0.1) is 0 Å². The molecule has 1 aliphatic carbocycles. The van der Waals surface area contributed by atoms with Crippen molar-refractivity contribution < 1.29 is 9.59 Å². The number of carbonyl (C=O) groups excluding carboxylic acids is 2. The quantitative estimate of drug-likeness (QED) is 0.333. The molecule has 8 rings (SSSR count). The van der Waals surface area contributed by atoms with Crippen LogP contribution in [-0.2, 0) is 4.79 Å². The van der Waals surface area contributed by atoms with E-state index in [1.807, 2.05) is 35.8 Å². The molecule has 8 aliphatic rings. The maximum Gasteiger partial charge on any atom is 0.320 e. The predicted octanol–water partition coefficient (Wildman–Crippen LogP) is 5.34. The van der Waals surface area contributed by atoms with Crippen LogP contribution in [0.1, 0.15) is 103 Å². The molecule has 4 spiro atoms. The number of nitrogens with zero attached hydrogens (tertiary/aromatic N) is 8. The second kappa shape index (κ2) is 18.2. The minimum atomic E-state index is 0.0290. The van der Waals surface area contributed by atoms with Gasteiger partial charge < -0.3 is 39.2 Å². The van der Waals surface area contributed by atoms with Gasteiger partial charge in [-0.05, 0) is 188 Å². The molecule has 0 radical (unpaired) electrons. The van der Waals surface area contributed by atoms with Gasteiger partial charge in [0.15, 0.2) is 0 Å². The number of amides is 3. The van der Waals surface area contributed by atoms with Crippen LogP contribution in [0.5, 0.6) is 0 Å². The Hall–Kier alpha value is -1.46. The van der Waals surface area contributed by atoms with E-state index >= 15 is 0 Å². The van der Waals surface area contributed by atoms with Gasteiger partial charge in [-0.25, -0.2) is 4.79 Å². The number of likely N-dealkylation sites (N-methyl/N-ethyl adjacent to an activating group) is 2. The van der Waals surface area contributed by atoms with Crippen molar-refractivity contribution in [3.8, 4) is 0 Å². The third kappa shape index (κ3) is 10.7. The fourth-order valence-electron chi connectivity index (χ4n) is 10.8. The minimum Gasteiger partial charge on any atom is -0.345 e. The Balaban J connectivity index is 0.000000136. The van der Waals surface area contributed by atoms with E-state index in [-0.39, 0.29) is 17.0 Å². The first kappa shape index (κ1) is 42.7. The molecular weight excluding hydrogens is 661 g/mol. The lowest BCUT2D eigenvalue weighted by Crippen LogP contribution is -2.52. The van der Waals surface area contributed by atoms with Crippen LogP contribution in [0.4, 0.5) is 4.79 Å². The van der Waals surface area contributed by atoms with Gasteiger partial charge in [-0.2, -0.15) is 0 Å². The molecule has 8 fully saturated rings. The van der Waals surface area contributed by atoms with E-state index in [1.54, 1.807) is 0 Å². The molecule has 7 heterocycles. The van der Waals surface area contributed by atoms with E-state index in [1.165, 1.54) is 103 Å². The molecule has 306 valence electrons. The van der Waals surface area contributed by atoms with Crippen LogP contribution in [0.15, 0.2) is 0 Å². The predicted molar refractivity (Wildman–Crippen MR) is 219 cm³/mol. The molecule has 3 amide bonds. The summed E-state index contributed by atoms with van der Waals surface area (Å²) in [5.74, 6) is 1.39. The highest BCUT2D eigenvalue weighted by molar-refractivity contribution is 5.84. The van der Waals surface area contributed by atoms with Gasteiger partial charge in [0.2, 0.25) is 5.91 Å². The zero-order valence-electron chi connectivity index (χ0n) is 36.1. The van der Waals surface area contributed by atoms with Gasteiger partial charge in [0.05, 0.1) is 11.0 Å². The van der Waals surface area contributed by atoms with E-state index in [0.717, 1.165) is 88.1 Å². The summed E-state index contributed by atoms with van der Waals surface area (Å²) in [5, 5.41) is 0. The van der Waals surface area contributed by atoms with Crippen molar-refractivity contribution in [2.45, 2.75) is 109 Å². The molecule has 10 nitrogen and oxygen atoms in total. The Kier molecular flexibility index (Phi) is 14.7. The summed E-state index contributed by atoms with van der Waals surface area (Å²) in [6.45, 7) is 16.6. The van der Waals surface area contributed by atoms with Crippen LogP contribution in [0, 0.1) is 22.2 Å². The number of hydrogen-bond acceptors (Lipinski definition) is 7. The first-order valence-corrected chi connectivity index (χ1v) is 21.8. The summed E-state index contributed by atoms with van der Waals surface area (Å²) in [7, 11) is 16.8. The topological polar surface area (TPSA) is 60.1 Å². The van der Waals surface area contributed by atoms with Crippen molar-refractivity contribution in [2.24, 2.45) is 22.2 Å². The third-order valence-electron chi connectivity index (χ3n) is 15.9. The zero-order chi connectivity index (χ0) is 38.4. The summed E-state index contributed by atoms with van der Waals surface area (Å²) in [6.07, 6.45) is 20.1. The van der Waals surface area contributed by atoms with Crippen LogP contribution in [0.2, 0.25) is 0 Å². The average Bonchev–Trinajstić information content (AvgIpc) is 3.55. The number of hydrogen-bond donors (Lipinski definition) is 0. The molecule has 53 heavy (non-hydrogen) atoms. The van der Waals surface area contributed by atoms with Gasteiger partial charge in [0.1, 0.15) is 0 Å². The summed E-state index contributed by atoms with van der Waals surface area (Å²) >= 11 is 0. The zero-order valence-corrected chi connectivity index (χ0v) is 36.1. The standard InChI is InChI=1S/C12H23N.C11H22N2.C10H19N3O.C10H18N2O/c1-11-3-5-12(6-4-11)7-9-13(2)10-8-12;1-12-7-3-11(4-8-12)5-9-13(2)10-6-11;1-11-6-4-10(5-7-11)8-12(2)9(14)13(10)3;1-11-6-3-10(4-7-11)5-8-12(2)9(10)13/h11H,3-10H2,1-2H3;3-10H2,1-2H3;4-8H2,1-3H3;3-8H2,1-2H3. The largest absolute Gasteiger partial charge is 0.345 e. The average molecular weight is 743 g/mol. The normalized spacial score (nSPS) is 29.6. The number of piperidine rings is 5. The number of urea groups is 1. The van der Waals surface area contributed by atoms with Crippen LogP contribution < -0.4 is 0 Å². The summed E-state index contributed by atoms with van der Waals surface area (Å²) < 4.78 is 0. The number of likely N-dealkylation sites (tertiary alicyclic amines) is 6. The molecule has 0 aromatic carbocycles. The van der Waals surface area contributed by atoms with Crippen LogP contribution >= 0.6 is 0 Å². The first-order valence-electron chi connectivity index (χ1n) is 21.8. The van der Waals surface area contributed by atoms with Crippen LogP contribution in [0.25, 0.3) is 0 Å². The van der Waals surface area contributed by atoms with E-state index in [0.29, 0.717) is 5.91 Å². The molecule has 7 saturated heterocycles. The van der Waals surface area contributed by atoms with E-state index in [4.69, 9.17) is 0 Å². The fraction of sp³-hybridized carbons (Fsp3) is 0.953. The molecule has 7 aliphatic heterocycles. The SMILES string of the molecule is CC1CCC2(CC1)CCN(C)CC2.CN1CCC2(CC1)CCN(C)C2=O.CN1CCC2(CC1)CCN(C)CC2.CN1CCC2(CC1)CN(C)C(=O)N2C. The van der Waals surface area contributed by atoms with Crippen molar-refractivity contribution in [3.63, 3.8) is 0 Å². The fourth-order valence-corrected chi connectivity index (χ4v) is 10.8. The van der Waals surface area contributed by atoms with Crippen LogP contribution in [-0.4, -0.2) is 192 Å². The van der Waals surface area contributed by atoms with Crippen molar-refractivity contribution in [2.75, 3.05) is 135 Å². The molecule has 0 N–H and O–H groups in total. The van der Waals surface area contributed by atoms with Gasteiger partial charge >= 0.3 is 6.03 Å². The molecule has 0 aromatic rings.